The van der Waals surface area contributed by atoms with Crippen LogP contribution in [0.4, 0.5) is 16.0 Å². The highest BCUT2D eigenvalue weighted by molar-refractivity contribution is 6.37. The van der Waals surface area contributed by atoms with Gasteiger partial charge < -0.3 is 10.5 Å². The van der Waals surface area contributed by atoms with Gasteiger partial charge in [-0.3, -0.25) is 0 Å². The van der Waals surface area contributed by atoms with E-state index in [1.807, 2.05) is 0 Å². The number of hydrogen-bond acceptors (Lipinski definition) is 6. The molecule has 0 fully saturated rings. The summed E-state index contributed by atoms with van der Waals surface area (Å²) in [7, 11) is 1.25. The molecule has 0 saturated heterocycles. The monoisotopic (exact) mass is 299 g/mol. The molecule has 0 unspecified atom stereocenters. The Hall–Kier alpha value is -3.21. The largest absolute Gasteiger partial charge is 0.465 e. The summed E-state index contributed by atoms with van der Waals surface area (Å²) in [6.45, 7) is 0. The first-order chi connectivity index (χ1) is 10.6. The van der Waals surface area contributed by atoms with Gasteiger partial charge >= 0.3 is 5.97 Å². The van der Waals surface area contributed by atoms with Crippen LogP contribution in [0.15, 0.2) is 23.2 Å². The van der Waals surface area contributed by atoms with Crippen LogP contribution in [0.5, 0.6) is 0 Å². The zero-order chi connectivity index (χ0) is 15.7. The zero-order valence-electron chi connectivity index (χ0n) is 11.5. The molecule has 8 heteroatoms. The number of carbonyl (C=O) groups excluding carboxylic acids is 1. The molecule has 0 bridgehead atoms. The first-order valence-corrected chi connectivity index (χ1v) is 6.25. The quantitative estimate of drug-likeness (QED) is 0.509. The van der Waals surface area contributed by atoms with Crippen LogP contribution in [0.25, 0.3) is 11.4 Å². The summed E-state index contributed by atoms with van der Waals surface area (Å²) < 4.78 is 19.7. The molecule has 0 spiro atoms. The van der Waals surface area contributed by atoms with Crippen molar-refractivity contribution in [1.82, 2.24) is 14.8 Å². The lowest BCUT2D eigenvalue weighted by Gasteiger charge is -1.99. The lowest BCUT2D eigenvalue weighted by Crippen LogP contribution is -2.14. The minimum Gasteiger partial charge on any atom is -0.465 e. The first kappa shape index (κ1) is 13.8. The molecule has 110 valence electrons. The Morgan fingerprint density at radius 2 is 2.32 bits per heavy atom. The smallest absolute Gasteiger partial charge is 0.353 e. The number of fused-ring (bicyclic) bond motifs is 1. The van der Waals surface area contributed by atoms with Gasteiger partial charge in [0.2, 0.25) is 0 Å². The van der Waals surface area contributed by atoms with E-state index in [0.717, 1.165) is 0 Å². The Balaban J connectivity index is 2.07. The van der Waals surface area contributed by atoms with E-state index in [4.69, 9.17) is 5.73 Å². The predicted octanol–water partition coefficient (Wildman–Crippen LogP) is 1.12. The molecule has 1 aromatic carbocycles. The van der Waals surface area contributed by atoms with Gasteiger partial charge in [-0.15, -0.1) is 5.10 Å². The van der Waals surface area contributed by atoms with Crippen molar-refractivity contribution in [2.45, 2.75) is 6.42 Å². The van der Waals surface area contributed by atoms with Crippen LogP contribution in [0, 0.1) is 17.8 Å². The number of aromatic nitrogens is 3. The zero-order valence-corrected chi connectivity index (χ0v) is 11.5. The molecule has 0 aliphatic carbocycles. The lowest BCUT2D eigenvalue weighted by atomic mass is 10.2. The Kier molecular flexibility index (Phi) is 3.31. The molecule has 2 heterocycles. The number of nitrogen functional groups attached to an aromatic ring is 1. The van der Waals surface area contributed by atoms with Crippen LogP contribution in [0.3, 0.4) is 0 Å². The minimum absolute atomic E-state index is 0.0941. The highest BCUT2D eigenvalue weighted by Crippen LogP contribution is 2.24. The number of anilines is 1. The third kappa shape index (κ3) is 2.40. The van der Waals surface area contributed by atoms with E-state index in [9.17, 15) is 9.18 Å². The lowest BCUT2D eigenvalue weighted by molar-refractivity contribution is -0.132. The number of nitrogens with two attached hydrogens (primary N) is 1. The fourth-order valence-electron chi connectivity index (χ4n) is 1.87. The number of rotatable bonds is 2. The standard InChI is InChI=1S/C14H10FN5O2/c1-22-13(21)11-3-2-6-20-14(17-11)18-12(19-20)9-5-4-8(16)7-10(9)15/h4-5,7H,3,16H2,1H3. The Bertz CT molecular complexity index is 860. The number of aliphatic imine (C=N–C) groups is 1. The van der Waals surface area contributed by atoms with E-state index < -0.39 is 11.8 Å². The maximum absolute atomic E-state index is 13.9. The predicted molar refractivity (Wildman–Crippen MR) is 76.7 cm³/mol. The van der Waals surface area contributed by atoms with E-state index in [1.165, 1.54) is 23.9 Å². The highest BCUT2D eigenvalue weighted by Gasteiger charge is 2.19. The Morgan fingerprint density at radius 1 is 1.50 bits per heavy atom. The molecule has 0 saturated carbocycles. The number of carbonyl (C=O) groups is 1. The van der Waals surface area contributed by atoms with Gasteiger partial charge in [-0.1, -0.05) is 5.92 Å². The van der Waals surface area contributed by atoms with Crippen molar-refractivity contribution in [3.05, 3.63) is 24.0 Å². The van der Waals surface area contributed by atoms with Gasteiger partial charge in [0, 0.05) is 11.7 Å². The molecule has 2 N–H and O–H groups in total. The van der Waals surface area contributed by atoms with Crippen LogP contribution in [0.2, 0.25) is 0 Å². The highest BCUT2D eigenvalue weighted by atomic mass is 19.1. The number of ether oxygens (including phenoxy) is 1. The number of benzene rings is 1. The number of esters is 1. The molecule has 0 amide bonds. The third-order valence-electron chi connectivity index (χ3n) is 2.92. The molecule has 1 aliphatic rings. The maximum Gasteiger partial charge on any atom is 0.353 e. The van der Waals surface area contributed by atoms with E-state index in [0.29, 0.717) is 5.69 Å². The fourth-order valence-corrected chi connectivity index (χ4v) is 1.87. The molecule has 3 rings (SSSR count). The van der Waals surface area contributed by atoms with Gasteiger partial charge in [-0.05, 0) is 18.2 Å². The normalized spacial score (nSPS) is 12.5. The summed E-state index contributed by atoms with van der Waals surface area (Å²) in [6, 6.07) is 6.87. The second-order valence-electron chi connectivity index (χ2n) is 4.40. The number of halogens is 1. The van der Waals surface area contributed by atoms with Crippen molar-refractivity contribution >= 4 is 23.3 Å². The van der Waals surface area contributed by atoms with Crippen molar-refractivity contribution in [3.8, 4) is 23.4 Å². The fraction of sp³-hybridized carbons (Fsp3) is 0.143. The third-order valence-corrected chi connectivity index (χ3v) is 2.92. The molecule has 22 heavy (non-hydrogen) atoms. The summed E-state index contributed by atoms with van der Waals surface area (Å²) in [6.07, 6.45) is 0.128. The summed E-state index contributed by atoms with van der Waals surface area (Å²) >= 11 is 0. The van der Waals surface area contributed by atoms with Crippen LogP contribution >= 0.6 is 0 Å². The van der Waals surface area contributed by atoms with Gasteiger partial charge in [0.25, 0.3) is 5.95 Å². The number of methoxy groups -OCH3 is 1. The summed E-state index contributed by atoms with van der Waals surface area (Å²) in [5.74, 6) is 1.78. The van der Waals surface area contributed by atoms with E-state index in [1.54, 1.807) is 6.07 Å². The second-order valence-corrected chi connectivity index (χ2v) is 4.40. The average Bonchev–Trinajstić information content (AvgIpc) is 2.77. The Morgan fingerprint density at radius 3 is 3.05 bits per heavy atom. The molecular formula is C14H10FN5O2. The Labute approximate surface area is 124 Å². The van der Waals surface area contributed by atoms with Crippen LogP contribution in [0.1, 0.15) is 6.42 Å². The van der Waals surface area contributed by atoms with Crippen LogP contribution in [-0.2, 0) is 9.53 Å². The number of hydrogen-bond donors (Lipinski definition) is 1. The molecule has 0 atom stereocenters. The molecule has 2 aromatic rings. The summed E-state index contributed by atoms with van der Waals surface area (Å²) in [4.78, 5) is 19.7. The maximum atomic E-state index is 13.9. The van der Waals surface area contributed by atoms with Crippen molar-refractivity contribution in [3.63, 3.8) is 0 Å². The van der Waals surface area contributed by atoms with Gasteiger partial charge in [0.15, 0.2) is 5.82 Å². The van der Waals surface area contributed by atoms with E-state index in [-0.39, 0.29) is 29.5 Å². The first-order valence-electron chi connectivity index (χ1n) is 6.25. The average molecular weight is 299 g/mol. The molecular weight excluding hydrogens is 289 g/mol. The molecule has 1 aliphatic heterocycles. The molecule has 1 aromatic heterocycles. The minimum atomic E-state index is -0.592. The van der Waals surface area contributed by atoms with Gasteiger partial charge in [0.05, 0.1) is 19.1 Å². The SMILES string of the molecule is COC(=O)C1=Nc2nc(-c3ccc(N)cc3F)nn2C#CC1. The van der Waals surface area contributed by atoms with E-state index >= 15 is 0 Å². The summed E-state index contributed by atoms with van der Waals surface area (Å²) in [5, 5.41) is 4.08. The number of nitrogens with zero attached hydrogens (tertiary/aromatic N) is 4. The topological polar surface area (TPSA) is 95.4 Å². The summed E-state index contributed by atoms with van der Waals surface area (Å²) in [5.41, 5.74) is 6.10. The van der Waals surface area contributed by atoms with Crippen molar-refractivity contribution in [2.24, 2.45) is 4.99 Å². The van der Waals surface area contributed by atoms with Gasteiger partial charge in [0.1, 0.15) is 11.5 Å². The van der Waals surface area contributed by atoms with Crippen molar-refractivity contribution in [2.75, 3.05) is 12.8 Å². The van der Waals surface area contributed by atoms with Crippen LogP contribution < -0.4 is 5.73 Å². The van der Waals surface area contributed by atoms with E-state index in [2.05, 4.69) is 31.8 Å². The second kappa shape index (κ2) is 5.29. The van der Waals surface area contributed by atoms with Crippen molar-refractivity contribution in [1.29, 1.82) is 0 Å². The van der Waals surface area contributed by atoms with Crippen LogP contribution in [-0.4, -0.2) is 33.6 Å². The van der Waals surface area contributed by atoms with Gasteiger partial charge in [-0.25, -0.2) is 14.2 Å². The molecule has 7 nitrogen and oxygen atoms in total. The van der Waals surface area contributed by atoms with Gasteiger partial charge in [-0.2, -0.15) is 9.67 Å². The van der Waals surface area contributed by atoms with Crippen molar-refractivity contribution < 1.29 is 13.9 Å². The molecule has 0 radical (unpaired) electrons.